The molecule has 208 valence electrons. The molecule has 0 aromatic heterocycles. The van der Waals surface area contributed by atoms with Crippen LogP contribution in [0.15, 0.2) is 127 Å². The maximum atomic E-state index is 5.98. The summed E-state index contributed by atoms with van der Waals surface area (Å²) in [5, 5.41) is 0. The summed E-state index contributed by atoms with van der Waals surface area (Å²) in [6, 6.07) is 45.2. The smallest absolute Gasteiger partial charge is 0.127 e. The van der Waals surface area contributed by atoms with Crippen LogP contribution in [0, 0.1) is 0 Å². The van der Waals surface area contributed by atoms with Crippen LogP contribution in [0.5, 0.6) is 11.5 Å². The van der Waals surface area contributed by atoms with Gasteiger partial charge in [-0.25, -0.2) is 0 Å². The zero-order valence-corrected chi connectivity index (χ0v) is 25.0. The first kappa shape index (κ1) is 28.2. The summed E-state index contributed by atoms with van der Waals surface area (Å²) < 4.78 is 5.98. The molecule has 2 heteroatoms. The second-order valence-corrected chi connectivity index (χ2v) is 11.5. The van der Waals surface area contributed by atoms with E-state index in [0.29, 0.717) is 5.92 Å². The molecule has 1 atom stereocenters. The molecule has 1 unspecified atom stereocenters. The van der Waals surface area contributed by atoms with Gasteiger partial charge in [-0.2, -0.15) is 0 Å². The van der Waals surface area contributed by atoms with E-state index < -0.39 is 0 Å². The number of rotatable bonds is 10. The molecule has 0 spiro atoms. The van der Waals surface area contributed by atoms with Crippen molar-refractivity contribution in [3.63, 3.8) is 0 Å². The third-order valence-electron chi connectivity index (χ3n) is 8.42. The lowest BCUT2D eigenvalue weighted by atomic mass is 9.82. The van der Waals surface area contributed by atoms with Crippen LogP contribution in [0.25, 0.3) is 11.1 Å². The van der Waals surface area contributed by atoms with Gasteiger partial charge in [0.15, 0.2) is 0 Å². The van der Waals surface area contributed by atoms with E-state index in [9.17, 15) is 0 Å². The first-order valence-corrected chi connectivity index (χ1v) is 14.8. The molecular formula is C39H41NO. The molecule has 0 saturated carbocycles. The second-order valence-electron chi connectivity index (χ2n) is 11.5. The third kappa shape index (κ3) is 6.55. The van der Waals surface area contributed by atoms with Crippen LogP contribution in [0.3, 0.4) is 0 Å². The third-order valence-corrected chi connectivity index (χ3v) is 8.42. The van der Waals surface area contributed by atoms with Gasteiger partial charge in [-0.1, -0.05) is 101 Å². The van der Waals surface area contributed by atoms with Gasteiger partial charge in [0.2, 0.25) is 0 Å². The molecule has 0 fully saturated rings. The van der Waals surface area contributed by atoms with Gasteiger partial charge in [0, 0.05) is 17.1 Å². The van der Waals surface area contributed by atoms with E-state index in [1.807, 2.05) is 42.5 Å². The van der Waals surface area contributed by atoms with Crippen LogP contribution < -0.4 is 9.64 Å². The normalized spacial score (nSPS) is 12.1. The molecule has 0 amide bonds. The predicted molar refractivity (Wildman–Crippen MR) is 175 cm³/mol. The first-order valence-electron chi connectivity index (χ1n) is 14.8. The highest BCUT2D eigenvalue weighted by atomic mass is 16.5. The molecular weight excluding hydrogens is 498 g/mol. The van der Waals surface area contributed by atoms with Gasteiger partial charge < -0.3 is 9.64 Å². The standard InChI is InChI=1S/C39H41NO/c1-6-29(3)30-13-21-34(22-14-30)40(36-25-19-33(20-26-36)39(4,5)7-2)35-23-15-31(16-24-35)32-17-27-38(28-18-32)41-37-11-9-8-10-12-37/h8-29H,6-7H2,1-5H3. The summed E-state index contributed by atoms with van der Waals surface area (Å²) in [5.41, 5.74) is 8.69. The minimum atomic E-state index is 0.157. The minimum Gasteiger partial charge on any atom is -0.457 e. The molecule has 5 rings (SSSR count). The second kappa shape index (κ2) is 12.5. The Hall–Kier alpha value is -4.30. The number of hydrogen-bond donors (Lipinski definition) is 0. The van der Waals surface area contributed by atoms with Crippen molar-refractivity contribution >= 4 is 17.1 Å². The van der Waals surface area contributed by atoms with E-state index in [0.717, 1.165) is 47.0 Å². The Morgan fingerprint density at radius 1 is 0.585 bits per heavy atom. The van der Waals surface area contributed by atoms with Gasteiger partial charge in [0.25, 0.3) is 0 Å². The van der Waals surface area contributed by atoms with Crippen molar-refractivity contribution in [1.29, 1.82) is 0 Å². The summed E-state index contributed by atoms with van der Waals surface area (Å²) >= 11 is 0. The average molecular weight is 540 g/mol. The maximum Gasteiger partial charge on any atom is 0.127 e. The molecule has 0 heterocycles. The largest absolute Gasteiger partial charge is 0.457 e. The van der Waals surface area contributed by atoms with Crippen LogP contribution in [0.1, 0.15) is 64.5 Å². The van der Waals surface area contributed by atoms with Crippen molar-refractivity contribution in [1.82, 2.24) is 0 Å². The van der Waals surface area contributed by atoms with Crippen LogP contribution >= 0.6 is 0 Å². The number of anilines is 3. The van der Waals surface area contributed by atoms with Gasteiger partial charge in [0.05, 0.1) is 0 Å². The molecule has 0 aliphatic carbocycles. The van der Waals surface area contributed by atoms with Crippen molar-refractivity contribution in [2.45, 2.75) is 58.8 Å². The van der Waals surface area contributed by atoms with Crippen LogP contribution in [-0.4, -0.2) is 0 Å². The molecule has 41 heavy (non-hydrogen) atoms. The SMILES string of the molecule is CCC(C)c1ccc(N(c2ccc(-c3ccc(Oc4ccccc4)cc3)cc2)c2ccc(C(C)(C)CC)cc2)cc1. The van der Waals surface area contributed by atoms with Gasteiger partial charge in [-0.3, -0.25) is 0 Å². The van der Waals surface area contributed by atoms with Crippen molar-refractivity contribution in [2.75, 3.05) is 4.90 Å². The Kier molecular flexibility index (Phi) is 8.59. The summed E-state index contributed by atoms with van der Waals surface area (Å²) in [6.45, 7) is 11.4. The highest BCUT2D eigenvalue weighted by molar-refractivity contribution is 5.78. The zero-order valence-electron chi connectivity index (χ0n) is 25.0. The van der Waals surface area contributed by atoms with Crippen LogP contribution in [0.4, 0.5) is 17.1 Å². The Balaban J connectivity index is 1.44. The van der Waals surface area contributed by atoms with E-state index in [1.165, 1.54) is 16.7 Å². The summed E-state index contributed by atoms with van der Waals surface area (Å²) in [4.78, 5) is 2.35. The summed E-state index contributed by atoms with van der Waals surface area (Å²) in [5.74, 6) is 2.23. The highest BCUT2D eigenvalue weighted by Crippen LogP contribution is 2.38. The van der Waals surface area contributed by atoms with E-state index in [1.54, 1.807) is 0 Å². The fourth-order valence-corrected chi connectivity index (χ4v) is 5.04. The maximum absolute atomic E-state index is 5.98. The first-order chi connectivity index (χ1) is 19.9. The molecule has 0 bridgehead atoms. The van der Waals surface area contributed by atoms with Crippen molar-refractivity contribution in [2.24, 2.45) is 0 Å². The monoisotopic (exact) mass is 539 g/mol. The molecule has 0 radical (unpaired) electrons. The van der Waals surface area contributed by atoms with Crippen molar-refractivity contribution in [3.8, 4) is 22.6 Å². The minimum absolute atomic E-state index is 0.157. The highest BCUT2D eigenvalue weighted by Gasteiger charge is 2.19. The molecule has 5 aromatic rings. The Morgan fingerprint density at radius 3 is 1.56 bits per heavy atom. The van der Waals surface area contributed by atoms with E-state index in [4.69, 9.17) is 4.74 Å². The number of hydrogen-bond acceptors (Lipinski definition) is 2. The summed E-state index contributed by atoms with van der Waals surface area (Å²) in [7, 11) is 0. The van der Waals surface area contributed by atoms with Gasteiger partial charge in [-0.15, -0.1) is 0 Å². The fourth-order valence-electron chi connectivity index (χ4n) is 5.04. The van der Waals surface area contributed by atoms with Gasteiger partial charge in [-0.05, 0) is 107 Å². The van der Waals surface area contributed by atoms with Crippen molar-refractivity contribution < 1.29 is 4.74 Å². The Bertz CT molecular complexity index is 1520. The van der Waals surface area contributed by atoms with Crippen LogP contribution in [0.2, 0.25) is 0 Å². The lowest BCUT2D eigenvalue weighted by molar-refractivity contribution is 0.483. The number of benzene rings is 5. The van der Waals surface area contributed by atoms with E-state index in [-0.39, 0.29) is 5.41 Å². The molecule has 2 nitrogen and oxygen atoms in total. The predicted octanol–water partition coefficient (Wildman–Crippen LogP) is 11.8. The van der Waals surface area contributed by atoms with Crippen LogP contribution in [-0.2, 0) is 5.41 Å². The van der Waals surface area contributed by atoms with Crippen molar-refractivity contribution in [3.05, 3.63) is 139 Å². The summed E-state index contributed by atoms with van der Waals surface area (Å²) in [6.07, 6.45) is 2.24. The number of para-hydroxylation sites is 1. The lowest BCUT2D eigenvalue weighted by Gasteiger charge is -2.28. The number of nitrogens with zero attached hydrogens (tertiary/aromatic N) is 1. The Morgan fingerprint density at radius 2 is 1.05 bits per heavy atom. The van der Waals surface area contributed by atoms with E-state index >= 15 is 0 Å². The fraction of sp³-hybridized carbons (Fsp3) is 0.231. The quantitative estimate of drug-likeness (QED) is 0.175. The zero-order chi connectivity index (χ0) is 28.8. The van der Waals surface area contributed by atoms with Gasteiger partial charge in [0.1, 0.15) is 11.5 Å². The van der Waals surface area contributed by atoms with E-state index in [2.05, 4.69) is 124 Å². The topological polar surface area (TPSA) is 12.5 Å². The lowest BCUT2D eigenvalue weighted by Crippen LogP contribution is -2.16. The van der Waals surface area contributed by atoms with Gasteiger partial charge >= 0.3 is 0 Å². The Labute approximate surface area is 246 Å². The molecule has 0 saturated heterocycles. The molecule has 0 aliphatic rings. The molecule has 0 aliphatic heterocycles. The molecule has 0 N–H and O–H groups in total. The average Bonchev–Trinajstić information content (AvgIpc) is 3.03. The molecule has 5 aromatic carbocycles. The number of ether oxygens (including phenoxy) is 1.